The van der Waals surface area contributed by atoms with E-state index in [1.165, 1.54) is 82.6 Å². The van der Waals surface area contributed by atoms with Crippen molar-refractivity contribution in [2.24, 2.45) is 44.3 Å². The first-order valence-electron chi connectivity index (χ1n) is 21.8. The molecule has 5 aliphatic rings. The number of esters is 1. The number of ether oxygens (including phenoxy) is 1. The van der Waals surface area contributed by atoms with E-state index >= 15 is 0 Å². The van der Waals surface area contributed by atoms with Gasteiger partial charge in [-0.15, -0.1) is 0 Å². The van der Waals surface area contributed by atoms with E-state index in [1.807, 2.05) is 0 Å². The van der Waals surface area contributed by atoms with Gasteiger partial charge in [-0.05, 0) is 104 Å². The number of aliphatic hydroxyl groups is 2. The lowest BCUT2D eigenvalue weighted by Crippen LogP contribution is -2.65. The van der Waals surface area contributed by atoms with Crippen molar-refractivity contribution in [2.75, 3.05) is 6.61 Å². The normalized spacial score (nSPS) is 38.8. The molecular formula is C46H80O4. The Morgan fingerprint density at radius 3 is 1.92 bits per heavy atom. The van der Waals surface area contributed by atoms with Gasteiger partial charge in [0, 0.05) is 17.3 Å². The van der Waals surface area contributed by atoms with Crippen molar-refractivity contribution in [1.82, 2.24) is 0 Å². The number of fused-ring (bicyclic) bond motifs is 6. The van der Waals surface area contributed by atoms with Crippen LogP contribution in [-0.4, -0.2) is 35.0 Å². The maximum Gasteiger partial charge on any atom is 0.306 e. The van der Waals surface area contributed by atoms with E-state index < -0.39 is 11.5 Å². The smallest absolute Gasteiger partial charge is 0.306 e. The number of allylic oxidation sites excluding steroid dienone is 1. The van der Waals surface area contributed by atoms with Gasteiger partial charge in [-0.2, -0.15) is 0 Å². The number of carbonyl (C=O) groups excluding carboxylic acids is 1. The third-order valence-corrected chi connectivity index (χ3v) is 16.7. The molecule has 4 heteroatoms. The Bertz CT molecular complexity index is 1180. The van der Waals surface area contributed by atoms with Gasteiger partial charge in [0.25, 0.3) is 0 Å². The molecule has 0 bridgehead atoms. The molecular weight excluding hydrogens is 617 g/mol. The van der Waals surface area contributed by atoms with E-state index in [0.717, 1.165) is 70.6 Å². The summed E-state index contributed by atoms with van der Waals surface area (Å²) in [5, 5.41) is 22.8. The summed E-state index contributed by atoms with van der Waals surface area (Å²) in [5.41, 5.74) is 3.02. The van der Waals surface area contributed by atoms with Crippen molar-refractivity contribution >= 4 is 5.97 Å². The zero-order valence-electron chi connectivity index (χ0n) is 34.2. The summed E-state index contributed by atoms with van der Waals surface area (Å²) in [6.45, 7) is 19.6. The monoisotopic (exact) mass is 697 g/mol. The van der Waals surface area contributed by atoms with E-state index in [1.54, 1.807) is 5.57 Å². The molecule has 0 aromatic rings. The molecule has 5 aliphatic carbocycles. The molecule has 0 aliphatic heterocycles. The highest BCUT2D eigenvalue weighted by Crippen LogP contribution is 2.75. The maximum atomic E-state index is 13.2. The quantitative estimate of drug-likeness (QED) is 0.0957. The fourth-order valence-electron chi connectivity index (χ4n) is 13.4. The molecule has 8 atom stereocenters. The van der Waals surface area contributed by atoms with Gasteiger partial charge < -0.3 is 14.9 Å². The van der Waals surface area contributed by atoms with Crippen LogP contribution in [0.3, 0.4) is 0 Å². The first-order chi connectivity index (χ1) is 23.6. The molecule has 0 unspecified atom stereocenters. The molecule has 288 valence electrons. The van der Waals surface area contributed by atoms with E-state index in [4.69, 9.17) is 4.74 Å². The SMILES string of the molecule is CCCCCCCCCCCCCCCC(=O)O[C@H]1CC[C@]2(C)[C@H]3CCC4=C5CC(C)(C)CC[C@]5(CO)[C@@H](O)C[C@@]4(C)[C@]3(C)CC[C@H]2C1(C)C. The standard InChI is InChI=1S/C46H80O4/c1-9-10-11-12-13-14-15-16-17-18-19-20-21-22-40(49)50-39-26-27-43(6)36(42(39,4)5)25-28-44(7)37(43)24-23-34-35-31-41(2,3)29-30-46(35,33-47)38(48)32-45(34,44)8/h36-39,47-48H,9-33H2,1-8H3/t36-,37+,38-,39-,43-,44+,45+,46+/m0/s1. The van der Waals surface area contributed by atoms with Crippen LogP contribution in [0.5, 0.6) is 0 Å². The minimum atomic E-state index is -0.477. The molecule has 4 saturated carbocycles. The van der Waals surface area contributed by atoms with Crippen LogP contribution in [0.2, 0.25) is 0 Å². The number of hydrogen-bond acceptors (Lipinski definition) is 4. The van der Waals surface area contributed by atoms with Crippen molar-refractivity contribution in [2.45, 2.75) is 222 Å². The third kappa shape index (κ3) is 7.44. The zero-order chi connectivity index (χ0) is 36.4. The van der Waals surface area contributed by atoms with Gasteiger partial charge in [0.1, 0.15) is 6.10 Å². The first-order valence-corrected chi connectivity index (χ1v) is 21.8. The second kappa shape index (κ2) is 15.8. The molecule has 4 nitrogen and oxygen atoms in total. The molecule has 0 radical (unpaired) electrons. The Kier molecular flexibility index (Phi) is 12.8. The molecule has 5 rings (SSSR count). The van der Waals surface area contributed by atoms with Crippen LogP contribution in [0, 0.1) is 44.3 Å². The number of rotatable bonds is 16. The van der Waals surface area contributed by atoms with Gasteiger partial charge in [-0.25, -0.2) is 0 Å². The van der Waals surface area contributed by atoms with Crippen LogP contribution in [0.15, 0.2) is 11.1 Å². The summed E-state index contributed by atoms with van der Waals surface area (Å²) < 4.78 is 6.39. The van der Waals surface area contributed by atoms with Crippen molar-refractivity contribution in [3.8, 4) is 0 Å². The molecule has 0 aromatic carbocycles. The first kappa shape index (κ1) is 40.3. The van der Waals surface area contributed by atoms with Gasteiger partial charge in [-0.1, -0.05) is 144 Å². The van der Waals surface area contributed by atoms with Crippen LogP contribution >= 0.6 is 0 Å². The lowest BCUT2D eigenvalue weighted by Gasteiger charge is -2.71. The molecule has 0 aromatic heterocycles. The zero-order valence-corrected chi connectivity index (χ0v) is 34.2. The largest absolute Gasteiger partial charge is 0.462 e. The minimum Gasteiger partial charge on any atom is -0.462 e. The van der Waals surface area contributed by atoms with Crippen molar-refractivity contribution in [1.29, 1.82) is 0 Å². The summed E-state index contributed by atoms with van der Waals surface area (Å²) in [6, 6.07) is 0. The molecule has 0 heterocycles. The number of unbranched alkanes of at least 4 members (excludes halogenated alkanes) is 12. The Labute approximate surface area is 308 Å². The Balaban J connectivity index is 1.15. The molecule has 2 N–H and O–H groups in total. The van der Waals surface area contributed by atoms with Gasteiger partial charge in [-0.3, -0.25) is 4.79 Å². The summed E-state index contributed by atoms with van der Waals surface area (Å²) >= 11 is 0. The highest BCUT2D eigenvalue weighted by atomic mass is 16.5. The number of aliphatic hydroxyl groups excluding tert-OH is 2. The summed E-state index contributed by atoms with van der Waals surface area (Å²) in [4.78, 5) is 13.2. The lowest BCUT2D eigenvalue weighted by atomic mass is 9.34. The third-order valence-electron chi connectivity index (χ3n) is 16.7. The highest BCUT2D eigenvalue weighted by molar-refractivity contribution is 5.69. The van der Waals surface area contributed by atoms with Gasteiger partial charge in [0.2, 0.25) is 0 Å². The van der Waals surface area contributed by atoms with E-state index in [-0.39, 0.29) is 45.8 Å². The fourth-order valence-corrected chi connectivity index (χ4v) is 13.4. The summed E-state index contributed by atoms with van der Waals surface area (Å²) in [7, 11) is 0. The van der Waals surface area contributed by atoms with Crippen molar-refractivity contribution < 1.29 is 19.7 Å². The Morgan fingerprint density at radius 1 is 0.720 bits per heavy atom. The molecule has 4 fully saturated rings. The Hall–Kier alpha value is -0.870. The fraction of sp³-hybridized carbons (Fsp3) is 0.935. The van der Waals surface area contributed by atoms with Crippen LogP contribution in [0.4, 0.5) is 0 Å². The van der Waals surface area contributed by atoms with Crippen LogP contribution < -0.4 is 0 Å². The average molecular weight is 697 g/mol. The second-order valence-corrected chi connectivity index (χ2v) is 20.6. The van der Waals surface area contributed by atoms with Crippen LogP contribution in [-0.2, 0) is 9.53 Å². The van der Waals surface area contributed by atoms with Gasteiger partial charge >= 0.3 is 5.97 Å². The lowest BCUT2D eigenvalue weighted by molar-refractivity contribution is -0.219. The van der Waals surface area contributed by atoms with E-state index in [9.17, 15) is 15.0 Å². The van der Waals surface area contributed by atoms with Crippen molar-refractivity contribution in [3.63, 3.8) is 0 Å². The predicted octanol–water partition coefficient (Wildman–Crippen LogP) is 12.3. The topological polar surface area (TPSA) is 66.8 Å². The maximum absolute atomic E-state index is 13.2. The van der Waals surface area contributed by atoms with E-state index in [0.29, 0.717) is 18.3 Å². The molecule has 0 amide bonds. The second-order valence-electron chi connectivity index (χ2n) is 20.6. The average Bonchev–Trinajstić information content (AvgIpc) is 3.05. The summed E-state index contributed by atoms with van der Waals surface area (Å²) in [6.07, 6.45) is 27.7. The minimum absolute atomic E-state index is 0.00223. The highest BCUT2D eigenvalue weighted by Gasteiger charge is 2.69. The number of hydrogen-bond donors (Lipinski definition) is 2. The number of carbonyl (C=O) groups is 1. The molecule has 0 saturated heterocycles. The molecule has 50 heavy (non-hydrogen) atoms. The molecule has 0 spiro atoms. The van der Waals surface area contributed by atoms with Gasteiger partial charge in [0.05, 0.1) is 12.7 Å². The summed E-state index contributed by atoms with van der Waals surface area (Å²) in [5.74, 6) is 1.12. The van der Waals surface area contributed by atoms with Crippen LogP contribution in [0.25, 0.3) is 0 Å². The Morgan fingerprint density at radius 2 is 1.32 bits per heavy atom. The van der Waals surface area contributed by atoms with E-state index in [2.05, 4.69) is 55.4 Å². The van der Waals surface area contributed by atoms with Crippen LogP contribution in [0.1, 0.15) is 209 Å². The van der Waals surface area contributed by atoms with Crippen molar-refractivity contribution in [3.05, 3.63) is 11.1 Å². The predicted molar refractivity (Wildman–Crippen MR) is 208 cm³/mol. The van der Waals surface area contributed by atoms with Gasteiger partial charge in [0.15, 0.2) is 0 Å².